The first-order chi connectivity index (χ1) is 15.4. The number of esters is 1. The van der Waals surface area contributed by atoms with Gasteiger partial charge in [-0.1, -0.05) is 40.2 Å². The van der Waals surface area contributed by atoms with Gasteiger partial charge in [0.2, 0.25) is 0 Å². The first kappa shape index (κ1) is 23.8. The third-order valence-electron chi connectivity index (χ3n) is 11.5. The fraction of sp³-hybridized carbons (Fsp3) is 0.893. The van der Waals surface area contributed by atoms with Crippen molar-refractivity contribution in [3.8, 4) is 0 Å². The lowest BCUT2D eigenvalue weighted by Crippen LogP contribution is -2.68. The molecular formula is C28H44O5. The molecule has 0 radical (unpaired) electrons. The summed E-state index contributed by atoms with van der Waals surface area (Å²) in [7, 11) is 0. The average Bonchev–Trinajstić information content (AvgIpc) is 3.02. The van der Waals surface area contributed by atoms with E-state index < -0.39 is 17.8 Å². The molecule has 33 heavy (non-hydrogen) atoms. The topological polar surface area (TPSA) is 76.0 Å². The number of hydrogen-bond acceptors (Lipinski definition) is 5. The van der Waals surface area contributed by atoms with E-state index in [-0.39, 0.29) is 40.2 Å². The monoisotopic (exact) mass is 460 g/mol. The minimum absolute atomic E-state index is 0.0195. The van der Waals surface area contributed by atoms with Crippen LogP contribution < -0.4 is 0 Å². The maximum absolute atomic E-state index is 12.0. The summed E-state index contributed by atoms with van der Waals surface area (Å²) < 4.78 is 11.7. The largest absolute Gasteiger partial charge is 0.465 e. The van der Waals surface area contributed by atoms with E-state index in [2.05, 4.69) is 33.8 Å². The average molecular weight is 461 g/mol. The minimum atomic E-state index is -0.853. The second kappa shape index (κ2) is 7.54. The van der Waals surface area contributed by atoms with Gasteiger partial charge >= 0.3 is 5.97 Å². The van der Waals surface area contributed by atoms with E-state index in [9.17, 15) is 15.0 Å². The lowest BCUT2D eigenvalue weighted by atomic mass is 9.34. The lowest BCUT2D eigenvalue weighted by Gasteiger charge is -2.70. The molecule has 5 nitrogen and oxygen atoms in total. The molecule has 1 aliphatic heterocycles. The molecule has 186 valence electrons. The van der Waals surface area contributed by atoms with Gasteiger partial charge in [0.05, 0.1) is 18.8 Å². The Labute approximate surface area is 199 Å². The third kappa shape index (κ3) is 3.10. The smallest absolute Gasteiger partial charge is 0.302 e. The summed E-state index contributed by atoms with van der Waals surface area (Å²) in [5.41, 5.74) is 0.885. The molecule has 5 heteroatoms. The van der Waals surface area contributed by atoms with Crippen LogP contribution in [0.4, 0.5) is 0 Å². The van der Waals surface area contributed by atoms with E-state index in [1.807, 2.05) is 6.92 Å². The highest BCUT2D eigenvalue weighted by Crippen LogP contribution is 2.73. The third-order valence-corrected chi connectivity index (χ3v) is 11.5. The van der Waals surface area contributed by atoms with Crippen molar-refractivity contribution in [2.75, 3.05) is 6.61 Å². The summed E-state index contributed by atoms with van der Waals surface area (Å²) in [5.74, 6) is 0.691. The zero-order valence-corrected chi connectivity index (χ0v) is 21.4. The van der Waals surface area contributed by atoms with Crippen molar-refractivity contribution in [1.29, 1.82) is 0 Å². The summed E-state index contributed by atoms with van der Waals surface area (Å²) >= 11 is 0. The standard InChI is InChI=1S/C28H44O5/c1-16-18-8-9-20-26(5)13-10-19-25(3,4)11-7-12-28(19,15-32-17(2)29)21(26)14-22(30)27(20,6)23(18)24(31)33-16/h8,16,19-24,30-31H,7,9-15H2,1-6H3/t16-,19-,20-,21-,22+,23+,24+,26-,27+,28+/m0/s1. The van der Waals surface area contributed by atoms with E-state index in [0.29, 0.717) is 24.9 Å². The Morgan fingerprint density at radius 2 is 1.85 bits per heavy atom. The van der Waals surface area contributed by atoms with Crippen molar-refractivity contribution in [2.45, 2.75) is 105 Å². The fourth-order valence-electron chi connectivity index (χ4n) is 10.2. The van der Waals surface area contributed by atoms with E-state index in [4.69, 9.17) is 9.47 Å². The Bertz CT molecular complexity index is 849. The number of ether oxygens (including phenoxy) is 2. The van der Waals surface area contributed by atoms with Crippen molar-refractivity contribution in [3.63, 3.8) is 0 Å². The van der Waals surface area contributed by atoms with Gasteiger partial charge in [0.1, 0.15) is 0 Å². The van der Waals surface area contributed by atoms with Crippen LogP contribution in [0.3, 0.4) is 0 Å². The Kier molecular flexibility index (Phi) is 5.44. The molecule has 0 spiro atoms. The van der Waals surface area contributed by atoms with Gasteiger partial charge < -0.3 is 19.7 Å². The molecule has 10 atom stereocenters. The van der Waals surface area contributed by atoms with Crippen molar-refractivity contribution >= 4 is 5.97 Å². The second-order valence-electron chi connectivity index (χ2n) is 13.3. The molecule has 1 saturated heterocycles. The van der Waals surface area contributed by atoms with E-state index in [1.54, 1.807) is 0 Å². The molecule has 0 aromatic carbocycles. The van der Waals surface area contributed by atoms with Gasteiger partial charge in [-0.15, -0.1) is 0 Å². The van der Waals surface area contributed by atoms with Gasteiger partial charge in [-0.25, -0.2) is 0 Å². The molecule has 5 aliphatic rings. The van der Waals surface area contributed by atoms with Crippen molar-refractivity contribution < 1.29 is 24.5 Å². The van der Waals surface area contributed by atoms with Gasteiger partial charge in [0, 0.05) is 23.7 Å². The van der Waals surface area contributed by atoms with E-state index in [0.717, 1.165) is 32.1 Å². The number of carbonyl (C=O) groups is 1. The summed E-state index contributed by atoms with van der Waals surface area (Å²) in [6, 6.07) is 0. The van der Waals surface area contributed by atoms with Gasteiger partial charge in [0.25, 0.3) is 0 Å². The van der Waals surface area contributed by atoms with Gasteiger partial charge in [-0.05, 0) is 79.6 Å². The molecular weight excluding hydrogens is 416 g/mol. The Morgan fingerprint density at radius 1 is 1.12 bits per heavy atom. The normalized spacial score (nSPS) is 52.6. The number of aliphatic hydroxyl groups excluding tert-OH is 2. The first-order valence-corrected chi connectivity index (χ1v) is 13.2. The van der Waals surface area contributed by atoms with E-state index in [1.165, 1.54) is 18.9 Å². The summed E-state index contributed by atoms with van der Waals surface area (Å²) in [5, 5.41) is 22.8. The molecule has 4 aliphatic carbocycles. The van der Waals surface area contributed by atoms with Crippen LogP contribution in [0.15, 0.2) is 11.6 Å². The molecule has 3 saturated carbocycles. The molecule has 2 N–H and O–H groups in total. The van der Waals surface area contributed by atoms with Gasteiger partial charge in [0.15, 0.2) is 6.29 Å². The van der Waals surface area contributed by atoms with Crippen molar-refractivity contribution in [1.82, 2.24) is 0 Å². The van der Waals surface area contributed by atoms with Crippen LogP contribution in [0.5, 0.6) is 0 Å². The number of rotatable bonds is 2. The number of aliphatic hydroxyl groups is 2. The predicted molar refractivity (Wildman–Crippen MR) is 126 cm³/mol. The lowest BCUT2D eigenvalue weighted by molar-refractivity contribution is -0.259. The summed E-state index contributed by atoms with van der Waals surface area (Å²) in [6.45, 7) is 13.5. The van der Waals surface area contributed by atoms with Crippen molar-refractivity contribution in [2.24, 2.45) is 45.3 Å². The fourth-order valence-corrected chi connectivity index (χ4v) is 10.2. The van der Waals surface area contributed by atoms with Crippen LogP contribution in [0.1, 0.15) is 86.5 Å². The number of allylic oxidation sites excluding steroid dienone is 1. The Morgan fingerprint density at radius 3 is 2.55 bits per heavy atom. The molecule has 4 fully saturated rings. The predicted octanol–water partition coefficient (Wildman–Crippen LogP) is 4.85. The molecule has 0 aromatic heterocycles. The van der Waals surface area contributed by atoms with E-state index >= 15 is 0 Å². The van der Waals surface area contributed by atoms with Gasteiger partial charge in [-0.3, -0.25) is 4.79 Å². The first-order valence-electron chi connectivity index (χ1n) is 13.2. The van der Waals surface area contributed by atoms with Crippen LogP contribution >= 0.6 is 0 Å². The number of carbonyl (C=O) groups excluding carboxylic acids is 1. The molecule has 1 heterocycles. The molecule has 0 bridgehead atoms. The highest BCUT2D eigenvalue weighted by Gasteiger charge is 2.70. The Balaban J connectivity index is 1.60. The van der Waals surface area contributed by atoms with Gasteiger partial charge in [-0.2, -0.15) is 0 Å². The van der Waals surface area contributed by atoms with Crippen LogP contribution in [-0.4, -0.2) is 41.3 Å². The van der Waals surface area contributed by atoms with Crippen molar-refractivity contribution in [3.05, 3.63) is 11.6 Å². The zero-order valence-electron chi connectivity index (χ0n) is 21.4. The molecule has 0 unspecified atom stereocenters. The molecule has 5 rings (SSSR count). The SMILES string of the molecule is CC(=O)OC[C@]12CCCC(C)(C)[C@@H]1CC[C@]1(C)[C@@H]2C[C@@H](O)[C@]2(C)[C@@H]3C(=CC[C@@H]12)[C@H](C)O[C@H]3O. The molecule has 0 aromatic rings. The van der Waals surface area contributed by atoms with Crippen LogP contribution in [0, 0.1) is 45.3 Å². The van der Waals surface area contributed by atoms with Crippen LogP contribution in [0.25, 0.3) is 0 Å². The number of fused-ring (bicyclic) bond motifs is 7. The van der Waals surface area contributed by atoms with Crippen LogP contribution in [-0.2, 0) is 14.3 Å². The zero-order chi connectivity index (χ0) is 24.0. The maximum Gasteiger partial charge on any atom is 0.302 e. The minimum Gasteiger partial charge on any atom is -0.465 e. The summed E-state index contributed by atoms with van der Waals surface area (Å²) in [6.07, 6.45) is 8.17. The quantitative estimate of drug-likeness (QED) is 0.455. The highest BCUT2D eigenvalue weighted by molar-refractivity contribution is 5.66. The maximum atomic E-state index is 12.0. The number of hydrogen-bond donors (Lipinski definition) is 2. The van der Waals surface area contributed by atoms with Crippen LogP contribution in [0.2, 0.25) is 0 Å². The highest BCUT2D eigenvalue weighted by atomic mass is 16.6. The molecule has 0 amide bonds. The Hall–Kier alpha value is -0.910. The summed E-state index contributed by atoms with van der Waals surface area (Å²) in [4.78, 5) is 12.0. The second-order valence-corrected chi connectivity index (χ2v) is 13.3.